The van der Waals surface area contributed by atoms with Crippen LogP contribution in [-0.2, 0) is 6.54 Å². The first-order chi connectivity index (χ1) is 7.01. The van der Waals surface area contributed by atoms with Crippen LogP contribution in [0.3, 0.4) is 0 Å². The van der Waals surface area contributed by atoms with Gasteiger partial charge in [-0.3, -0.25) is 0 Å². The van der Waals surface area contributed by atoms with Crippen LogP contribution in [0.15, 0.2) is 24.3 Å². The van der Waals surface area contributed by atoms with Crippen LogP contribution < -0.4 is 10.6 Å². The Labute approximate surface area is 91.5 Å². The van der Waals surface area contributed by atoms with Crippen molar-refractivity contribution >= 4 is 5.69 Å². The highest BCUT2D eigenvalue weighted by molar-refractivity contribution is 5.50. The molecule has 0 bridgehead atoms. The quantitative estimate of drug-likeness (QED) is 0.785. The molecule has 0 saturated carbocycles. The van der Waals surface area contributed by atoms with Gasteiger partial charge in [0.25, 0.3) is 0 Å². The van der Waals surface area contributed by atoms with Crippen molar-refractivity contribution in [2.45, 2.75) is 25.9 Å². The van der Waals surface area contributed by atoms with E-state index in [1.165, 1.54) is 0 Å². The van der Waals surface area contributed by atoms with Crippen LogP contribution >= 0.6 is 0 Å². The number of nitrogens with two attached hydrogens (primary N) is 1. The highest BCUT2D eigenvalue weighted by Crippen LogP contribution is 2.22. The predicted octanol–water partition coefficient (Wildman–Crippen LogP) is 1.35. The van der Waals surface area contributed by atoms with Gasteiger partial charge in [0.05, 0.1) is 12.1 Å². The maximum absolute atomic E-state index is 9.29. The Morgan fingerprint density at radius 1 is 1.40 bits per heavy atom. The van der Waals surface area contributed by atoms with Gasteiger partial charge in [0.1, 0.15) is 0 Å². The minimum Gasteiger partial charge on any atom is -0.394 e. The summed E-state index contributed by atoms with van der Waals surface area (Å²) in [6.07, 6.45) is 0. The van der Waals surface area contributed by atoms with Crippen LogP contribution in [-0.4, -0.2) is 24.3 Å². The number of aliphatic hydroxyl groups excluding tert-OH is 1. The second-order valence-electron chi connectivity index (χ2n) is 4.40. The van der Waals surface area contributed by atoms with Crippen molar-refractivity contribution in [3.05, 3.63) is 29.8 Å². The third-order valence-corrected chi connectivity index (χ3v) is 2.83. The lowest BCUT2D eigenvalue weighted by molar-refractivity contribution is 0.216. The van der Waals surface area contributed by atoms with Gasteiger partial charge in [-0.1, -0.05) is 12.1 Å². The van der Waals surface area contributed by atoms with Gasteiger partial charge in [-0.2, -0.15) is 0 Å². The average Bonchev–Trinajstić information content (AvgIpc) is 2.28. The van der Waals surface area contributed by atoms with Crippen molar-refractivity contribution in [1.82, 2.24) is 0 Å². The molecule has 15 heavy (non-hydrogen) atoms. The zero-order valence-electron chi connectivity index (χ0n) is 9.70. The molecule has 1 aromatic rings. The van der Waals surface area contributed by atoms with E-state index in [1.54, 1.807) is 0 Å². The summed E-state index contributed by atoms with van der Waals surface area (Å²) in [5, 5.41) is 9.29. The number of likely N-dealkylation sites (N-methyl/N-ethyl adjacent to an activating group) is 1. The van der Waals surface area contributed by atoms with E-state index >= 15 is 0 Å². The van der Waals surface area contributed by atoms with E-state index in [0.717, 1.165) is 11.3 Å². The third kappa shape index (κ3) is 2.70. The van der Waals surface area contributed by atoms with Crippen LogP contribution in [0.2, 0.25) is 0 Å². The van der Waals surface area contributed by atoms with Crippen LogP contribution in [0.5, 0.6) is 0 Å². The summed E-state index contributed by atoms with van der Waals surface area (Å²) in [6.45, 7) is 4.67. The number of rotatable bonds is 4. The maximum Gasteiger partial charge on any atom is 0.0658 e. The van der Waals surface area contributed by atoms with Gasteiger partial charge in [-0.25, -0.2) is 0 Å². The second kappa shape index (κ2) is 4.64. The first-order valence-corrected chi connectivity index (χ1v) is 5.15. The molecule has 3 N–H and O–H groups in total. The van der Waals surface area contributed by atoms with Crippen molar-refractivity contribution < 1.29 is 5.11 Å². The van der Waals surface area contributed by atoms with E-state index < -0.39 is 0 Å². The number of hydrogen-bond acceptors (Lipinski definition) is 3. The van der Waals surface area contributed by atoms with Gasteiger partial charge in [-0.05, 0) is 31.5 Å². The highest BCUT2D eigenvalue weighted by atomic mass is 16.3. The van der Waals surface area contributed by atoms with Gasteiger partial charge in [0.2, 0.25) is 0 Å². The Kier molecular flexibility index (Phi) is 3.72. The number of nitrogens with zero attached hydrogens (tertiary/aromatic N) is 1. The van der Waals surface area contributed by atoms with Crippen molar-refractivity contribution in [1.29, 1.82) is 0 Å². The van der Waals surface area contributed by atoms with E-state index in [0.29, 0.717) is 6.54 Å². The summed E-state index contributed by atoms with van der Waals surface area (Å²) in [5.41, 5.74) is 7.52. The number of aliphatic hydroxyl groups is 1. The summed E-state index contributed by atoms with van der Waals surface area (Å²) < 4.78 is 0. The second-order valence-corrected chi connectivity index (χ2v) is 4.40. The summed E-state index contributed by atoms with van der Waals surface area (Å²) in [4.78, 5) is 2.06. The number of hydrogen-bond donors (Lipinski definition) is 2. The number of anilines is 1. The minimum atomic E-state index is -0.257. The topological polar surface area (TPSA) is 49.5 Å². The zero-order chi connectivity index (χ0) is 11.5. The summed E-state index contributed by atoms with van der Waals surface area (Å²) in [7, 11) is 1.98. The van der Waals surface area contributed by atoms with E-state index in [-0.39, 0.29) is 12.1 Å². The normalized spacial score (nSPS) is 11.5. The van der Waals surface area contributed by atoms with E-state index in [2.05, 4.69) is 11.0 Å². The molecule has 0 atom stereocenters. The molecule has 0 unspecified atom stereocenters. The van der Waals surface area contributed by atoms with E-state index in [1.807, 2.05) is 39.1 Å². The molecule has 84 valence electrons. The van der Waals surface area contributed by atoms with Gasteiger partial charge in [0.15, 0.2) is 0 Å². The third-order valence-electron chi connectivity index (χ3n) is 2.83. The molecule has 0 aliphatic rings. The van der Waals surface area contributed by atoms with Gasteiger partial charge >= 0.3 is 0 Å². The first-order valence-electron chi connectivity index (χ1n) is 5.15. The van der Waals surface area contributed by atoms with Gasteiger partial charge < -0.3 is 15.7 Å². The van der Waals surface area contributed by atoms with Crippen LogP contribution in [0, 0.1) is 0 Å². The monoisotopic (exact) mass is 208 g/mol. The fourth-order valence-electron chi connectivity index (χ4n) is 1.35. The molecule has 0 spiro atoms. The largest absolute Gasteiger partial charge is 0.394 e. The standard InChI is InChI=1S/C12H20N2O/c1-12(2,9-15)14(3)11-6-4-5-10(7-11)8-13/h4-7,15H,8-9,13H2,1-3H3. The Bertz CT molecular complexity index is 323. The predicted molar refractivity (Wildman–Crippen MR) is 63.9 cm³/mol. The molecule has 1 rings (SSSR count). The molecular weight excluding hydrogens is 188 g/mol. The molecule has 0 fully saturated rings. The lowest BCUT2D eigenvalue weighted by Gasteiger charge is -2.36. The molecule has 1 aromatic carbocycles. The summed E-state index contributed by atoms with van der Waals surface area (Å²) in [6, 6.07) is 8.07. The maximum atomic E-state index is 9.29. The van der Waals surface area contributed by atoms with Crippen molar-refractivity contribution in [2.75, 3.05) is 18.6 Å². The molecule has 0 amide bonds. The van der Waals surface area contributed by atoms with Crippen LogP contribution in [0.25, 0.3) is 0 Å². The highest BCUT2D eigenvalue weighted by Gasteiger charge is 2.22. The lowest BCUT2D eigenvalue weighted by Crippen LogP contribution is -2.44. The molecule has 3 nitrogen and oxygen atoms in total. The minimum absolute atomic E-state index is 0.121. The molecular formula is C12H20N2O. The summed E-state index contributed by atoms with van der Waals surface area (Å²) >= 11 is 0. The molecule has 0 radical (unpaired) electrons. The van der Waals surface area contributed by atoms with Crippen molar-refractivity contribution in [3.63, 3.8) is 0 Å². The van der Waals surface area contributed by atoms with Crippen LogP contribution in [0.1, 0.15) is 19.4 Å². The lowest BCUT2D eigenvalue weighted by atomic mass is 10.0. The average molecular weight is 208 g/mol. The van der Waals surface area contributed by atoms with Crippen LogP contribution in [0.4, 0.5) is 5.69 Å². The molecule has 0 saturated heterocycles. The fourth-order valence-corrected chi connectivity index (χ4v) is 1.35. The molecule has 0 aliphatic carbocycles. The number of benzene rings is 1. The fraction of sp³-hybridized carbons (Fsp3) is 0.500. The summed E-state index contributed by atoms with van der Waals surface area (Å²) in [5.74, 6) is 0. The van der Waals surface area contributed by atoms with Crippen molar-refractivity contribution in [3.8, 4) is 0 Å². The van der Waals surface area contributed by atoms with Gasteiger partial charge in [0, 0.05) is 19.3 Å². The Morgan fingerprint density at radius 2 is 2.07 bits per heavy atom. The van der Waals surface area contributed by atoms with Crippen molar-refractivity contribution in [2.24, 2.45) is 5.73 Å². The Hall–Kier alpha value is -1.06. The molecule has 0 aromatic heterocycles. The van der Waals surface area contributed by atoms with Gasteiger partial charge in [-0.15, -0.1) is 0 Å². The SMILES string of the molecule is CN(c1cccc(CN)c1)C(C)(C)CO. The molecule has 3 heteroatoms. The smallest absolute Gasteiger partial charge is 0.0658 e. The molecule has 0 heterocycles. The molecule has 0 aliphatic heterocycles. The first kappa shape index (κ1) is 12.0. The van der Waals surface area contributed by atoms with E-state index in [4.69, 9.17) is 5.73 Å². The Balaban J connectivity index is 2.95. The van der Waals surface area contributed by atoms with E-state index in [9.17, 15) is 5.11 Å². The zero-order valence-corrected chi connectivity index (χ0v) is 9.70. The Morgan fingerprint density at radius 3 is 2.60 bits per heavy atom.